The van der Waals surface area contributed by atoms with Crippen molar-refractivity contribution in [1.29, 1.82) is 0 Å². The molecule has 1 aromatic carbocycles. The normalized spacial score (nSPS) is 11.6. The van der Waals surface area contributed by atoms with E-state index < -0.39 is 0 Å². The molecule has 0 heterocycles. The van der Waals surface area contributed by atoms with E-state index in [4.69, 9.17) is 0 Å². The van der Waals surface area contributed by atoms with Gasteiger partial charge in [0.2, 0.25) is 0 Å². The van der Waals surface area contributed by atoms with Crippen LogP contribution in [0.3, 0.4) is 0 Å². The van der Waals surface area contributed by atoms with Crippen molar-refractivity contribution in [1.82, 2.24) is 5.32 Å². The maximum absolute atomic E-state index is 3.81. The van der Waals surface area contributed by atoms with Crippen LogP contribution >= 0.6 is 0 Å². The Hall–Kier alpha value is -0.820. The topological polar surface area (TPSA) is 12.0 Å². The molecule has 1 heteroatoms. The number of nitrogens with one attached hydrogen (secondary N) is 1. The molecule has 0 amide bonds. The Kier molecular flexibility index (Phi) is 34.8. The van der Waals surface area contributed by atoms with Gasteiger partial charge in [-0.1, -0.05) is 250 Å². The minimum atomic E-state index is 0.863. The fourth-order valence-electron chi connectivity index (χ4n) is 7.33. The van der Waals surface area contributed by atoms with Crippen molar-refractivity contribution in [2.75, 3.05) is 6.54 Å². The van der Waals surface area contributed by atoms with Gasteiger partial charge in [-0.2, -0.15) is 0 Å². The second kappa shape index (κ2) is 37.0. The van der Waals surface area contributed by atoms with Crippen molar-refractivity contribution in [3.05, 3.63) is 35.9 Å². The van der Waals surface area contributed by atoms with Gasteiger partial charge in [0, 0.05) is 6.54 Å². The lowest BCUT2D eigenvalue weighted by Gasteiger charge is -2.18. The second-order valence-corrected chi connectivity index (χ2v) is 15.2. The van der Waals surface area contributed by atoms with Crippen molar-refractivity contribution >= 4 is 0 Å². The maximum atomic E-state index is 3.81. The van der Waals surface area contributed by atoms with Crippen molar-refractivity contribution in [2.45, 2.75) is 239 Å². The monoisotopic (exact) mass is 640 g/mol. The first-order chi connectivity index (χ1) is 22.9. The molecule has 0 radical (unpaired) electrons. The van der Waals surface area contributed by atoms with Crippen LogP contribution in [-0.2, 0) is 6.54 Å². The predicted molar refractivity (Wildman–Crippen MR) is 210 cm³/mol. The third kappa shape index (κ3) is 31.8. The van der Waals surface area contributed by atoms with Crippen molar-refractivity contribution in [3.63, 3.8) is 0 Å². The summed E-state index contributed by atoms with van der Waals surface area (Å²) in [6, 6.07) is 11.0. The van der Waals surface area contributed by atoms with Gasteiger partial charge in [0.25, 0.3) is 0 Å². The second-order valence-electron chi connectivity index (χ2n) is 15.2. The molecule has 1 nitrogen and oxygen atoms in total. The first kappa shape index (κ1) is 43.2. The maximum Gasteiger partial charge on any atom is 0.0205 e. The molecule has 0 saturated carbocycles. The highest BCUT2D eigenvalue weighted by Gasteiger charge is 2.09. The van der Waals surface area contributed by atoms with Gasteiger partial charge >= 0.3 is 0 Å². The Morgan fingerprint density at radius 3 is 0.957 bits per heavy atom. The van der Waals surface area contributed by atoms with E-state index in [0.717, 1.165) is 12.5 Å². The third-order valence-electron chi connectivity index (χ3n) is 10.5. The van der Waals surface area contributed by atoms with Gasteiger partial charge < -0.3 is 5.32 Å². The van der Waals surface area contributed by atoms with E-state index in [1.54, 1.807) is 0 Å². The molecule has 0 atom stereocenters. The first-order valence-electron chi connectivity index (χ1n) is 21.6. The molecule has 1 aromatic rings. The van der Waals surface area contributed by atoms with Gasteiger partial charge in [0.15, 0.2) is 0 Å². The average Bonchev–Trinajstić information content (AvgIpc) is 3.08. The number of benzene rings is 1. The summed E-state index contributed by atoms with van der Waals surface area (Å²) in [7, 11) is 0. The molecular formula is C45H85N. The Labute approximate surface area is 291 Å². The lowest BCUT2D eigenvalue weighted by Crippen LogP contribution is -2.22. The van der Waals surface area contributed by atoms with E-state index in [1.807, 2.05) is 0 Å². The van der Waals surface area contributed by atoms with Crippen LogP contribution in [0.4, 0.5) is 0 Å². The van der Waals surface area contributed by atoms with E-state index in [1.165, 1.54) is 230 Å². The Morgan fingerprint density at radius 2 is 0.652 bits per heavy atom. The molecule has 0 unspecified atom stereocenters. The van der Waals surface area contributed by atoms with E-state index in [0.29, 0.717) is 0 Å². The largest absolute Gasteiger partial charge is 0.312 e. The van der Waals surface area contributed by atoms with Gasteiger partial charge in [-0.15, -0.1) is 0 Å². The summed E-state index contributed by atoms with van der Waals surface area (Å²) in [4.78, 5) is 0. The zero-order chi connectivity index (χ0) is 32.9. The molecule has 0 fully saturated rings. The predicted octanol–water partition coefficient (Wildman–Crippen LogP) is 15.7. The molecule has 1 rings (SSSR count). The van der Waals surface area contributed by atoms with E-state index in [9.17, 15) is 0 Å². The third-order valence-corrected chi connectivity index (χ3v) is 10.5. The fraction of sp³-hybridized carbons (Fsp3) is 0.867. The molecule has 0 saturated heterocycles. The van der Waals surface area contributed by atoms with Crippen LogP contribution < -0.4 is 5.32 Å². The SMILES string of the molecule is CCCCCCCCCCCCCCCCCCC(CCCCCCCCCCCCCCCCCC)CNCc1ccccc1. The minimum absolute atomic E-state index is 0.863. The average molecular weight is 640 g/mol. The van der Waals surface area contributed by atoms with Crippen LogP contribution in [0.2, 0.25) is 0 Å². The molecule has 0 aliphatic rings. The van der Waals surface area contributed by atoms with Gasteiger partial charge in [-0.05, 0) is 30.9 Å². The fourth-order valence-corrected chi connectivity index (χ4v) is 7.33. The summed E-state index contributed by atoms with van der Waals surface area (Å²) >= 11 is 0. The summed E-state index contributed by atoms with van der Waals surface area (Å²) in [5.41, 5.74) is 1.42. The first-order valence-corrected chi connectivity index (χ1v) is 21.6. The summed E-state index contributed by atoms with van der Waals surface area (Å²) in [6.45, 7) is 6.85. The van der Waals surface area contributed by atoms with Crippen LogP contribution in [0.25, 0.3) is 0 Å². The lowest BCUT2D eigenvalue weighted by atomic mass is 9.93. The van der Waals surface area contributed by atoms with Crippen molar-refractivity contribution < 1.29 is 0 Å². The van der Waals surface area contributed by atoms with Gasteiger partial charge in [0.1, 0.15) is 0 Å². The van der Waals surface area contributed by atoms with Crippen molar-refractivity contribution in [3.8, 4) is 0 Å². The molecule has 0 spiro atoms. The molecule has 0 bridgehead atoms. The quantitative estimate of drug-likeness (QED) is 0.0710. The summed E-state index contributed by atoms with van der Waals surface area (Å²) < 4.78 is 0. The van der Waals surface area contributed by atoms with Crippen molar-refractivity contribution in [2.24, 2.45) is 5.92 Å². The van der Waals surface area contributed by atoms with E-state index in [-0.39, 0.29) is 0 Å². The number of rotatable bonds is 38. The molecule has 270 valence electrons. The lowest BCUT2D eigenvalue weighted by molar-refractivity contribution is 0.380. The number of hydrogen-bond acceptors (Lipinski definition) is 1. The molecule has 46 heavy (non-hydrogen) atoms. The summed E-state index contributed by atoms with van der Waals surface area (Å²) in [6.07, 6.45) is 49.6. The summed E-state index contributed by atoms with van der Waals surface area (Å²) in [5, 5.41) is 3.81. The van der Waals surface area contributed by atoms with Crippen LogP contribution in [-0.4, -0.2) is 6.54 Å². The number of hydrogen-bond donors (Lipinski definition) is 1. The highest BCUT2D eigenvalue weighted by Crippen LogP contribution is 2.20. The molecule has 0 aliphatic carbocycles. The van der Waals surface area contributed by atoms with Crippen LogP contribution in [0.15, 0.2) is 30.3 Å². The molecule has 0 aromatic heterocycles. The van der Waals surface area contributed by atoms with Crippen LogP contribution in [0.5, 0.6) is 0 Å². The molecule has 1 N–H and O–H groups in total. The Morgan fingerprint density at radius 1 is 0.370 bits per heavy atom. The highest BCUT2D eigenvalue weighted by molar-refractivity contribution is 5.14. The van der Waals surface area contributed by atoms with E-state index in [2.05, 4.69) is 49.5 Å². The molecule has 0 aliphatic heterocycles. The zero-order valence-corrected chi connectivity index (χ0v) is 31.9. The minimum Gasteiger partial charge on any atom is -0.312 e. The highest BCUT2D eigenvalue weighted by atomic mass is 14.9. The van der Waals surface area contributed by atoms with Gasteiger partial charge in [-0.3, -0.25) is 0 Å². The van der Waals surface area contributed by atoms with Crippen LogP contribution in [0, 0.1) is 5.92 Å². The Balaban J connectivity index is 2.02. The molecular weight excluding hydrogens is 555 g/mol. The smallest absolute Gasteiger partial charge is 0.0205 e. The standard InChI is InChI=1S/C45H85N/c1-3-5-7-9-11-13-15-17-19-21-23-25-27-29-31-34-38-44(42-46-43-45-40-36-33-37-41-45)39-35-32-30-28-26-24-22-20-18-16-14-12-10-8-6-4-2/h33,36-37,40-41,44,46H,3-32,34-35,38-39,42-43H2,1-2H3. The van der Waals surface area contributed by atoms with Gasteiger partial charge in [0.05, 0.1) is 0 Å². The van der Waals surface area contributed by atoms with Crippen LogP contribution in [0.1, 0.15) is 238 Å². The van der Waals surface area contributed by atoms with Gasteiger partial charge in [-0.25, -0.2) is 0 Å². The summed E-state index contributed by atoms with van der Waals surface area (Å²) in [5.74, 6) is 0.863. The number of unbranched alkanes of at least 4 members (excludes halogenated alkanes) is 30. The van der Waals surface area contributed by atoms with E-state index >= 15 is 0 Å². The Bertz CT molecular complexity index is 633. The zero-order valence-electron chi connectivity index (χ0n) is 31.9.